The third kappa shape index (κ3) is 11.7. The Morgan fingerprint density at radius 3 is 1.00 bits per heavy atom. The van der Waals surface area contributed by atoms with Gasteiger partial charge in [-0.05, 0) is 41.5 Å². The van der Waals surface area contributed by atoms with Gasteiger partial charge in [-0.15, -0.1) is 0 Å². The molecule has 5 heteroatoms. The van der Waals surface area contributed by atoms with Crippen LogP contribution < -0.4 is 0 Å². The van der Waals surface area contributed by atoms with E-state index in [0.29, 0.717) is 0 Å². The molecule has 0 rings (SSSR count). The summed E-state index contributed by atoms with van der Waals surface area (Å²) in [5.74, 6) is 0. The molecule has 0 aliphatic heterocycles. The Balaban J connectivity index is 0. The molecule has 0 heterocycles. The zero-order valence-corrected chi connectivity index (χ0v) is 13.7. The van der Waals surface area contributed by atoms with Crippen LogP contribution in [0.1, 0.15) is 41.5 Å². The van der Waals surface area contributed by atoms with Gasteiger partial charge in [-0.2, -0.15) is 0 Å². The largest absolute Gasteiger partial charge is 0.639 e. The molecule has 0 spiro atoms. The summed E-state index contributed by atoms with van der Waals surface area (Å²) in [7, 11) is -0.542. The molecular formula is C9H21BKO3. The third-order valence-electron chi connectivity index (χ3n) is 1.15. The minimum absolute atomic E-state index is 0. The smallest absolute Gasteiger partial charge is 0.384 e. The van der Waals surface area contributed by atoms with E-state index in [1.165, 1.54) is 0 Å². The molecule has 0 aromatic carbocycles. The maximum absolute atomic E-state index is 5.43. The average molecular weight is 227 g/mol. The first-order valence-corrected chi connectivity index (χ1v) is 4.88. The molecule has 79 valence electrons. The second kappa shape index (κ2) is 9.78. The summed E-state index contributed by atoms with van der Waals surface area (Å²) >= 11 is 0. The van der Waals surface area contributed by atoms with Crippen molar-refractivity contribution in [1.82, 2.24) is 0 Å². The standard InChI is InChI=1S/C9H21BO3.K/c1-7(2)11-10(12-8(3)4)13-9(5)6;/h7-9H,1-6H3;. The van der Waals surface area contributed by atoms with E-state index in [4.69, 9.17) is 14.0 Å². The molecule has 1 radical (unpaired) electrons. The molecule has 3 nitrogen and oxygen atoms in total. The summed E-state index contributed by atoms with van der Waals surface area (Å²) in [4.78, 5) is 0. The molecule has 0 saturated carbocycles. The number of hydrogen-bond acceptors (Lipinski definition) is 3. The second-order valence-electron chi connectivity index (χ2n) is 3.84. The van der Waals surface area contributed by atoms with E-state index in [2.05, 4.69) is 0 Å². The molecule has 0 saturated heterocycles. The van der Waals surface area contributed by atoms with Crippen LogP contribution in [0.5, 0.6) is 0 Å². The van der Waals surface area contributed by atoms with Crippen molar-refractivity contribution in [1.29, 1.82) is 0 Å². The topological polar surface area (TPSA) is 27.7 Å². The summed E-state index contributed by atoms with van der Waals surface area (Å²) in [6, 6.07) is 0. The van der Waals surface area contributed by atoms with Crippen LogP contribution in [0.3, 0.4) is 0 Å². The van der Waals surface area contributed by atoms with Crippen LogP contribution in [-0.4, -0.2) is 77.0 Å². The fraction of sp³-hybridized carbons (Fsp3) is 1.00. The predicted octanol–water partition coefficient (Wildman–Crippen LogP) is 1.87. The Kier molecular flexibility index (Phi) is 12.5. The van der Waals surface area contributed by atoms with Crippen molar-refractivity contribution in [2.75, 3.05) is 0 Å². The first kappa shape index (κ1) is 18.0. The normalized spacial score (nSPS) is 10.9. The molecule has 0 unspecified atom stereocenters. The van der Waals surface area contributed by atoms with Gasteiger partial charge in [-0.25, -0.2) is 0 Å². The Bertz CT molecular complexity index is 107. The van der Waals surface area contributed by atoms with Gasteiger partial charge in [-0.1, -0.05) is 0 Å². The van der Waals surface area contributed by atoms with Crippen molar-refractivity contribution in [3.05, 3.63) is 0 Å². The quantitative estimate of drug-likeness (QED) is 0.648. The monoisotopic (exact) mass is 227 g/mol. The predicted molar refractivity (Wildman–Crippen MR) is 60.2 cm³/mol. The van der Waals surface area contributed by atoms with Gasteiger partial charge in [0.15, 0.2) is 0 Å². The van der Waals surface area contributed by atoms with Crippen LogP contribution in [0, 0.1) is 0 Å². The average Bonchev–Trinajstić information content (AvgIpc) is 1.80. The molecular weight excluding hydrogens is 206 g/mol. The molecule has 0 atom stereocenters. The van der Waals surface area contributed by atoms with Crippen molar-refractivity contribution in [2.24, 2.45) is 0 Å². The summed E-state index contributed by atoms with van der Waals surface area (Å²) in [6.45, 7) is 11.8. The molecule has 0 aromatic rings. The molecule has 0 N–H and O–H groups in total. The Morgan fingerprint density at radius 1 is 0.643 bits per heavy atom. The van der Waals surface area contributed by atoms with Crippen molar-refractivity contribution in [3.8, 4) is 0 Å². The molecule has 0 aromatic heterocycles. The van der Waals surface area contributed by atoms with Gasteiger partial charge in [0.05, 0.1) is 0 Å². The van der Waals surface area contributed by atoms with Crippen molar-refractivity contribution in [2.45, 2.75) is 59.9 Å². The van der Waals surface area contributed by atoms with E-state index < -0.39 is 7.32 Å². The minimum Gasteiger partial charge on any atom is -0.384 e. The van der Waals surface area contributed by atoms with Gasteiger partial charge in [0.2, 0.25) is 0 Å². The fourth-order valence-electron chi connectivity index (χ4n) is 0.763. The molecule has 0 amide bonds. The van der Waals surface area contributed by atoms with Crippen molar-refractivity contribution in [3.63, 3.8) is 0 Å². The van der Waals surface area contributed by atoms with Crippen molar-refractivity contribution < 1.29 is 14.0 Å². The fourth-order valence-corrected chi connectivity index (χ4v) is 0.763. The van der Waals surface area contributed by atoms with Crippen LogP contribution in [-0.2, 0) is 14.0 Å². The van der Waals surface area contributed by atoms with Gasteiger partial charge in [-0.3, -0.25) is 0 Å². The summed E-state index contributed by atoms with van der Waals surface area (Å²) in [5.41, 5.74) is 0. The molecule has 0 aliphatic rings. The Morgan fingerprint density at radius 2 is 0.857 bits per heavy atom. The Hall–Kier alpha value is 1.58. The van der Waals surface area contributed by atoms with E-state index in [-0.39, 0.29) is 69.7 Å². The number of hydrogen-bond donors (Lipinski definition) is 0. The van der Waals surface area contributed by atoms with Crippen molar-refractivity contribution >= 4 is 58.7 Å². The van der Waals surface area contributed by atoms with Gasteiger partial charge in [0.1, 0.15) is 0 Å². The summed E-state index contributed by atoms with van der Waals surface area (Å²) in [5, 5.41) is 0. The third-order valence-corrected chi connectivity index (χ3v) is 1.15. The van der Waals surface area contributed by atoms with Gasteiger partial charge in [0.25, 0.3) is 0 Å². The van der Waals surface area contributed by atoms with E-state index in [1.54, 1.807) is 0 Å². The number of rotatable bonds is 6. The molecule has 0 bridgehead atoms. The Labute approximate surface area is 131 Å². The second-order valence-corrected chi connectivity index (χ2v) is 3.84. The van der Waals surface area contributed by atoms with E-state index in [9.17, 15) is 0 Å². The van der Waals surface area contributed by atoms with Gasteiger partial charge < -0.3 is 14.0 Å². The molecule has 0 fully saturated rings. The minimum atomic E-state index is -0.542. The van der Waals surface area contributed by atoms with Gasteiger partial charge in [0, 0.05) is 69.7 Å². The van der Waals surface area contributed by atoms with Crippen LogP contribution in [0.25, 0.3) is 0 Å². The van der Waals surface area contributed by atoms with E-state index >= 15 is 0 Å². The van der Waals surface area contributed by atoms with Crippen LogP contribution >= 0.6 is 0 Å². The zero-order chi connectivity index (χ0) is 10.4. The maximum atomic E-state index is 5.43. The van der Waals surface area contributed by atoms with Crippen LogP contribution in [0.15, 0.2) is 0 Å². The first-order chi connectivity index (χ1) is 5.91. The zero-order valence-electron chi connectivity index (χ0n) is 10.5. The molecule has 0 aliphatic carbocycles. The SMILES string of the molecule is CC(C)OB(OC(C)C)OC(C)C.[K]. The van der Waals surface area contributed by atoms with Crippen LogP contribution in [0.2, 0.25) is 0 Å². The van der Waals surface area contributed by atoms with E-state index in [1.807, 2.05) is 41.5 Å². The first-order valence-electron chi connectivity index (χ1n) is 4.88. The van der Waals surface area contributed by atoms with E-state index in [0.717, 1.165) is 0 Å². The summed E-state index contributed by atoms with van der Waals surface area (Å²) in [6.07, 6.45) is 0.340. The maximum Gasteiger partial charge on any atom is 0.639 e. The van der Waals surface area contributed by atoms with Crippen LogP contribution in [0.4, 0.5) is 0 Å². The van der Waals surface area contributed by atoms with Gasteiger partial charge >= 0.3 is 7.32 Å². The summed E-state index contributed by atoms with van der Waals surface area (Å²) < 4.78 is 16.3. The molecule has 14 heavy (non-hydrogen) atoms.